The molecule has 2 fully saturated rings. The molecule has 0 bridgehead atoms. The van der Waals surface area contributed by atoms with Gasteiger partial charge in [-0.2, -0.15) is 0 Å². The Morgan fingerprint density at radius 2 is 1.81 bits per heavy atom. The van der Waals surface area contributed by atoms with Gasteiger partial charge in [0, 0.05) is 12.6 Å². The molecule has 0 radical (unpaired) electrons. The second kappa shape index (κ2) is 7.08. The minimum atomic E-state index is -1.22. The van der Waals surface area contributed by atoms with Crippen LogP contribution in [0.25, 0.3) is 0 Å². The van der Waals surface area contributed by atoms with E-state index in [1.807, 2.05) is 24.3 Å². The Hall–Kier alpha value is -2.21. The number of hydrogen-bond acceptors (Lipinski definition) is 5. The van der Waals surface area contributed by atoms with Crippen molar-refractivity contribution in [2.75, 3.05) is 13.2 Å². The molecule has 0 unspecified atom stereocenters. The second-order valence-electron chi connectivity index (χ2n) is 7.79. The van der Waals surface area contributed by atoms with Crippen molar-refractivity contribution >= 4 is 17.8 Å². The van der Waals surface area contributed by atoms with Crippen molar-refractivity contribution in [3.8, 4) is 0 Å². The molecule has 27 heavy (non-hydrogen) atoms. The molecule has 3 rings (SSSR count). The zero-order valence-electron chi connectivity index (χ0n) is 16.6. The number of rotatable bonds is 5. The zero-order valence-corrected chi connectivity index (χ0v) is 16.6. The van der Waals surface area contributed by atoms with E-state index in [0.717, 1.165) is 5.56 Å². The third kappa shape index (κ3) is 2.96. The Morgan fingerprint density at radius 3 is 2.33 bits per heavy atom. The Balaban J connectivity index is 2.04. The first-order valence-corrected chi connectivity index (χ1v) is 9.66. The van der Waals surface area contributed by atoms with Crippen LogP contribution in [0, 0.1) is 11.8 Å². The van der Waals surface area contributed by atoms with Gasteiger partial charge in [0.25, 0.3) is 0 Å². The molecule has 0 spiro atoms. The summed E-state index contributed by atoms with van der Waals surface area (Å²) in [6.07, 6.45) is 0. The maximum absolute atomic E-state index is 13.0. The maximum atomic E-state index is 13.0. The first-order valence-electron chi connectivity index (χ1n) is 9.66. The van der Waals surface area contributed by atoms with Crippen molar-refractivity contribution in [2.24, 2.45) is 11.8 Å². The molecule has 4 atom stereocenters. The topological polar surface area (TPSA) is 75.7 Å². The molecule has 2 saturated heterocycles. The lowest BCUT2D eigenvalue weighted by atomic mass is 9.80. The molecule has 2 heterocycles. The van der Waals surface area contributed by atoms with Crippen LogP contribution in [0.15, 0.2) is 24.3 Å². The highest BCUT2D eigenvalue weighted by atomic mass is 16.5. The van der Waals surface area contributed by atoms with Gasteiger partial charge < -0.3 is 4.74 Å². The van der Waals surface area contributed by atoms with Crippen molar-refractivity contribution in [1.29, 1.82) is 0 Å². The summed E-state index contributed by atoms with van der Waals surface area (Å²) < 4.78 is 5.24. The Morgan fingerprint density at radius 1 is 1.19 bits per heavy atom. The molecular formula is C21H28N2O4. The van der Waals surface area contributed by atoms with E-state index >= 15 is 0 Å². The minimum absolute atomic E-state index is 0.217. The van der Waals surface area contributed by atoms with Crippen LogP contribution in [0.5, 0.6) is 0 Å². The lowest BCUT2D eigenvalue weighted by molar-refractivity contribution is -0.155. The molecular weight excluding hydrogens is 344 g/mol. The van der Waals surface area contributed by atoms with E-state index in [1.54, 1.807) is 20.8 Å². The lowest BCUT2D eigenvalue weighted by Gasteiger charge is -2.29. The van der Waals surface area contributed by atoms with Crippen LogP contribution >= 0.6 is 0 Å². The van der Waals surface area contributed by atoms with E-state index in [0.29, 0.717) is 12.5 Å². The molecule has 0 saturated carbocycles. The lowest BCUT2D eigenvalue weighted by Crippen LogP contribution is -2.54. The van der Waals surface area contributed by atoms with Gasteiger partial charge in [0.2, 0.25) is 11.8 Å². The van der Waals surface area contributed by atoms with Gasteiger partial charge in [0.1, 0.15) is 5.54 Å². The molecule has 146 valence electrons. The highest BCUT2D eigenvalue weighted by Crippen LogP contribution is 2.49. The predicted octanol–water partition coefficient (Wildman–Crippen LogP) is 2.40. The van der Waals surface area contributed by atoms with E-state index < -0.39 is 29.4 Å². The molecule has 2 aliphatic heterocycles. The summed E-state index contributed by atoms with van der Waals surface area (Å²) >= 11 is 0. The van der Waals surface area contributed by atoms with Crippen LogP contribution < -0.4 is 5.32 Å². The number of ether oxygens (including phenoxy) is 1. The third-order valence-corrected chi connectivity index (χ3v) is 5.86. The van der Waals surface area contributed by atoms with Crippen LogP contribution in [0.4, 0.5) is 0 Å². The van der Waals surface area contributed by atoms with E-state index in [4.69, 9.17) is 4.74 Å². The Kier molecular flexibility index (Phi) is 5.12. The normalized spacial score (nSPS) is 30.1. The number of benzene rings is 1. The number of amides is 2. The number of carbonyl (C=O) groups is 3. The number of carbonyl (C=O) groups excluding carboxylic acids is 3. The number of esters is 1. The smallest absolute Gasteiger partial charge is 0.326 e. The molecule has 0 aromatic heterocycles. The van der Waals surface area contributed by atoms with Crippen molar-refractivity contribution in [1.82, 2.24) is 10.2 Å². The van der Waals surface area contributed by atoms with Gasteiger partial charge in [-0.15, -0.1) is 0 Å². The first kappa shape index (κ1) is 19.5. The number of imide groups is 1. The number of nitrogens with zero attached hydrogens (tertiary/aromatic N) is 1. The number of likely N-dealkylation sites (tertiary alicyclic amines) is 1. The van der Waals surface area contributed by atoms with E-state index in [1.165, 1.54) is 10.5 Å². The quantitative estimate of drug-likeness (QED) is 0.634. The average Bonchev–Trinajstić information content (AvgIpc) is 3.09. The molecule has 2 aliphatic rings. The monoisotopic (exact) mass is 372 g/mol. The Labute approximate surface area is 160 Å². The number of fused-ring (bicyclic) bond motifs is 1. The fourth-order valence-electron chi connectivity index (χ4n) is 4.35. The highest BCUT2D eigenvalue weighted by Gasteiger charge is 2.66. The van der Waals surface area contributed by atoms with Gasteiger partial charge in [-0.25, -0.2) is 0 Å². The largest absolute Gasteiger partial charge is 0.465 e. The van der Waals surface area contributed by atoms with Crippen LogP contribution in [0.1, 0.15) is 57.7 Å². The summed E-state index contributed by atoms with van der Waals surface area (Å²) in [5, 5.41) is 3.28. The molecule has 0 aliphatic carbocycles. The standard InChI is InChI=1S/C21H28N2O4/c1-6-23-18(24)15-16(19(23)25)21(5,20(26)27-7-2)22-17(15)14-10-8-13(9-11-14)12(3)4/h8-12,15-17,22H,6-7H2,1-5H3/t15-,16+,17-,21-/m1/s1. The fourth-order valence-corrected chi connectivity index (χ4v) is 4.35. The number of hydrogen-bond donors (Lipinski definition) is 1. The third-order valence-electron chi connectivity index (χ3n) is 5.86. The van der Waals surface area contributed by atoms with Gasteiger partial charge in [0.15, 0.2) is 0 Å². The number of nitrogens with one attached hydrogen (secondary N) is 1. The SMILES string of the molecule is CCOC(=O)[C@]1(C)N[C@H](c2ccc(C(C)C)cc2)[C@@H]2C(=O)N(CC)C(=O)[C@H]21. The van der Waals surface area contributed by atoms with Crippen molar-refractivity contribution < 1.29 is 19.1 Å². The van der Waals surface area contributed by atoms with Crippen LogP contribution in [-0.2, 0) is 19.1 Å². The van der Waals surface area contributed by atoms with E-state index in [-0.39, 0.29) is 18.4 Å². The summed E-state index contributed by atoms with van der Waals surface area (Å²) in [6.45, 7) is 9.96. The van der Waals surface area contributed by atoms with Gasteiger partial charge in [-0.05, 0) is 37.8 Å². The molecule has 1 N–H and O–H groups in total. The van der Waals surface area contributed by atoms with Gasteiger partial charge in [-0.3, -0.25) is 24.6 Å². The summed E-state index contributed by atoms with van der Waals surface area (Å²) in [6, 6.07) is 7.63. The highest BCUT2D eigenvalue weighted by molar-refractivity contribution is 6.09. The Bertz CT molecular complexity index is 758. The summed E-state index contributed by atoms with van der Waals surface area (Å²) in [5.74, 6) is -1.95. The summed E-state index contributed by atoms with van der Waals surface area (Å²) in [7, 11) is 0. The summed E-state index contributed by atoms with van der Waals surface area (Å²) in [5.41, 5.74) is 0.880. The van der Waals surface area contributed by atoms with Gasteiger partial charge in [0.05, 0.1) is 18.4 Å². The fraction of sp³-hybridized carbons (Fsp3) is 0.571. The maximum Gasteiger partial charge on any atom is 0.326 e. The van der Waals surface area contributed by atoms with E-state index in [2.05, 4.69) is 19.2 Å². The molecule has 2 amide bonds. The van der Waals surface area contributed by atoms with Crippen molar-refractivity contribution in [3.05, 3.63) is 35.4 Å². The van der Waals surface area contributed by atoms with Gasteiger partial charge in [-0.1, -0.05) is 38.1 Å². The second-order valence-corrected chi connectivity index (χ2v) is 7.79. The van der Waals surface area contributed by atoms with Crippen LogP contribution in [-0.4, -0.2) is 41.4 Å². The first-order chi connectivity index (χ1) is 12.8. The molecule has 6 heteroatoms. The van der Waals surface area contributed by atoms with Crippen molar-refractivity contribution in [3.63, 3.8) is 0 Å². The molecule has 1 aromatic carbocycles. The molecule has 6 nitrogen and oxygen atoms in total. The molecule has 1 aromatic rings. The predicted molar refractivity (Wildman–Crippen MR) is 101 cm³/mol. The van der Waals surface area contributed by atoms with Gasteiger partial charge >= 0.3 is 5.97 Å². The van der Waals surface area contributed by atoms with Crippen LogP contribution in [0.3, 0.4) is 0 Å². The van der Waals surface area contributed by atoms with Crippen molar-refractivity contribution in [2.45, 2.75) is 52.1 Å². The van der Waals surface area contributed by atoms with Crippen LogP contribution in [0.2, 0.25) is 0 Å². The minimum Gasteiger partial charge on any atom is -0.465 e. The van der Waals surface area contributed by atoms with E-state index in [9.17, 15) is 14.4 Å². The summed E-state index contributed by atoms with van der Waals surface area (Å²) in [4.78, 5) is 39.9. The average molecular weight is 372 g/mol. The zero-order chi connectivity index (χ0) is 19.9.